The molecule has 0 saturated heterocycles. The quantitative estimate of drug-likeness (QED) is 0.926. The predicted molar refractivity (Wildman–Crippen MR) is 75.8 cm³/mol. The molecule has 0 bridgehead atoms. The van der Waals surface area contributed by atoms with Gasteiger partial charge >= 0.3 is 0 Å². The van der Waals surface area contributed by atoms with Gasteiger partial charge in [-0.25, -0.2) is 0 Å². The largest absolute Gasteiger partial charge is 0.305 e. The molecule has 0 aliphatic carbocycles. The Morgan fingerprint density at radius 3 is 2.88 bits per heavy atom. The molecule has 0 spiro atoms. The van der Waals surface area contributed by atoms with Crippen molar-refractivity contribution in [2.75, 3.05) is 6.54 Å². The van der Waals surface area contributed by atoms with Gasteiger partial charge in [0.05, 0.1) is 23.0 Å². The Morgan fingerprint density at radius 1 is 1.65 bits per heavy atom. The molecule has 2 heterocycles. The van der Waals surface area contributed by atoms with Crippen molar-refractivity contribution < 1.29 is 0 Å². The summed E-state index contributed by atoms with van der Waals surface area (Å²) in [5.41, 5.74) is 0.997. The third-order valence-corrected chi connectivity index (χ3v) is 4.75. The number of rotatable bonds is 4. The van der Waals surface area contributed by atoms with E-state index in [0.29, 0.717) is 5.02 Å². The number of nitrogens with one attached hydrogen (secondary N) is 1. The van der Waals surface area contributed by atoms with E-state index in [1.165, 1.54) is 4.88 Å². The van der Waals surface area contributed by atoms with Crippen LogP contribution in [0.25, 0.3) is 0 Å². The number of hydrogen-bond donors (Lipinski definition) is 1. The summed E-state index contributed by atoms with van der Waals surface area (Å²) in [7, 11) is 1.91. The van der Waals surface area contributed by atoms with Crippen LogP contribution in [-0.4, -0.2) is 16.3 Å². The normalized spacial score (nSPS) is 12.9. The maximum Gasteiger partial charge on any atom is 0.0868 e. The first-order valence-corrected chi connectivity index (χ1v) is 7.33. The van der Waals surface area contributed by atoms with Gasteiger partial charge < -0.3 is 5.32 Å². The Hall–Kier alpha value is -0.360. The molecule has 2 rings (SSSR count). The number of aromatic nitrogens is 2. The standard InChI is InChI=1S/C11H13BrClN3S/c1-3-14-9(11-7(12)4-5-17-11)10-8(13)6-15-16(10)2/h4-6,9,14H,3H2,1-2H3. The average Bonchev–Trinajstić information content (AvgIpc) is 2.84. The van der Waals surface area contributed by atoms with Gasteiger partial charge in [0.2, 0.25) is 0 Å². The van der Waals surface area contributed by atoms with E-state index in [1.54, 1.807) is 17.5 Å². The van der Waals surface area contributed by atoms with Gasteiger partial charge in [0.1, 0.15) is 0 Å². The molecule has 0 amide bonds. The third-order valence-electron chi connectivity index (χ3n) is 2.53. The van der Waals surface area contributed by atoms with Crippen LogP contribution in [0, 0.1) is 0 Å². The minimum absolute atomic E-state index is 0.0781. The topological polar surface area (TPSA) is 29.9 Å². The molecule has 0 saturated carbocycles. The third kappa shape index (κ3) is 2.57. The van der Waals surface area contributed by atoms with Gasteiger partial charge in [-0.05, 0) is 33.9 Å². The first kappa shape index (κ1) is 13.1. The fourth-order valence-electron chi connectivity index (χ4n) is 1.77. The summed E-state index contributed by atoms with van der Waals surface area (Å²) < 4.78 is 2.92. The molecule has 2 aromatic rings. The number of aryl methyl sites for hydroxylation is 1. The molecule has 3 nitrogen and oxygen atoms in total. The first-order valence-electron chi connectivity index (χ1n) is 5.28. The molecule has 1 atom stereocenters. The van der Waals surface area contributed by atoms with Crippen LogP contribution < -0.4 is 5.32 Å². The Bertz CT molecular complexity index is 489. The smallest absolute Gasteiger partial charge is 0.0868 e. The highest BCUT2D eigenvalue weighted by molar-refractivity contribution is 9.10. The van der Waals surface area contributed by atoms with E-state index in [4.69, 9.17) is 11.6 Å². The fraction of sp³-hybridized carbons (Fsp3) is 0.364. The van der Waals surface area contributed by atoms with E-state index in [0.717, 1.165) is 16.7 Å². The average molecular weight is 335 g/mol. The van der Waals surface area contributed by atoms with E-state index in [-0.39, 0.29) is 6.04 Å². The lowest BCUT2D eigenvalue weighted by Gasteiger charge is -2.18. The molecule has 0 aliphatic rings. The summed E-state index contributed by atoms with van der Waals surface area (Å²) in [6, 6.07) is 2.13. The zero-order valence-corrected chi connectivity index (χ0v) is 12.7. The maximum absolute atomic E-state index is 6.21. The van der Waals surface area contributed by atoms with E-state index < -0.39 is 0 Å². The molecule has 1 unspecified atom stereocenters. The lowest BCUT2D eigenvalue weighted by atomic mass is 10.1. The van der Waals surface area contributed by atoms with Crippen LogP contribution in [-0.2, 0) is 7.05 Å². The number of halogens is 2. The number of nitrogens with zero attached hydrogens (tertiary/aromatic N) is 2. The minimum atomic E-state index is 0.0781. The van der Waals surface area contributed by atoms with Gasteiger partial charge in [0.25, 0.3) is 0 Å². The van der Waals surface area contributed by atoms with Gasteiger partial charge in [-0.15, -0.1) is 11.3 Å². The van der Waals surface area contributed by atoms with Crippen molar-refractivity contribution >= 4 is 38.9 Å². The lowest BCUT2D eigenvalue weighted by molar-refractivity contribution is 0.578. The summed E-state index contributed by atoms with van der Waals surface area (Å²) >= 11 is 11.5. The van der Waals surface area contributed by atoms with Crippen molar-refractivity contribution in [1.82, 2.24) is 15.1 Å². The molecular weight excluding hydrogens is 322 g/mol. The fourth-order valence-corrected chi connectivity index (χ4v) is 3.73. The van der Waals surface area contributed by atoms with Gasteiger partial charge in [0, 0.05) is 16.4 Å². The summed E-state index contributed by atoms with van der Waals surface area (Å²) in [6.07, 6.45) is 1.68. The summed E-state index contributed by atoms with van der Waals surface area (Å²) in [5, 5.41) is 10.4. The van der Waals surface area contributed by atoms with Crippen LogP contribution in [0.3, 0.4) is 0 Å². The Balaban J connectivity index is 2.46. The lowest BCUT2D eigenvalue weighted by Crippen LogP contribution is -2.24. The summed E-state index contributed by atoms with van der Waals surface area (Å²) in [6.45, 7) is 2.95. The molecule has 2 aromatic heterocycles. The number of thiophene rings is 1. The Morgan fingerprint density at radius 2 is 2.41 bits per heavy atom. The van der Waals surface area contributed by atoms with Crippen LogP contribution in [0.1, 0.15) is 23.5 Å². The maximum atomic E-state index is 6.21. The van der Waals surface area contributed by atoms with Gasteiger partial charge in [-0.2, -0.15) is 5.10 Å². The number of hydrogen-bond acceptors (Lipinski definition) is 3. The highest BCUT2D eigenvalue weighted by Crippen LogP contribution is 2.35. The van der Waals surface area contributed by atoms with E-state index in [1.807, 2.05) is 11.7 Å². The highest BCUT2D eigenvalue weighted by atomic mass is 79.9. The van der Waals surface area contributed by atoms with Gasteiger partial charge in [0.15, 0.2) is 0 Å². The van der Waals surface area contributed by atoms with E-state index >= 15 is 0 Å². The van der Waals surface area contributed by atoms with Crippen LogP contribution in [0.4, 0.5) is 0 Å². The molecule has 0 radical (unpaired) electrons. The molecule has 92 valence electrons. The van der Waals surface area contributed by atoms with Crippen molar-refractivity contribution in [2.24, 2.45) is 7.05 Å². The highest BCUT2D eigenvalue weighted by Gasteiger charge is 2.23. The van der Waals surface area contributed by atoms with E-state index in [2.05, 4.69) is 44.7 Å². The zero-order chi connectivity index (χ0) is 12.4. The second-order valence-corrected chi connectivity index (χ2v) is 5.83. The second kappa shape index (κ2) is 5.52. The van der Waals surface area contributed by atoms with Gasteiger partial charge in [-0.1, -0.05) is 18.5 Å². The minimum Gasteiger partial charge on any atom is -0.305 e. The van der Waals surface area contributed by atoms with Crippen LogP contribution in [0.15, 0.2) is 22.1 Å². The molecule has 0 fully saturated rings. The molecule has 0 aliphatic heterocycles. The van der Waals surface area contributed by atoms with E-state index in [9.17, 15) is 0 Å². The first-order chi connectivity index (χ1) is 8.15. The molecule has 0 aromatic carbocycles. The van der Waals surface area contributed by atoms with Crippen LogP contribution >= 0.6 is 38.9 Å². The zero-order valence-electron chi connectivity index (χ0n) is 9.58. The van der Waals surface area contributed by atoms with Crippen molar-refractivity contribution in [3.63, 3.8) is 0 Å². The van der Waals surface area contributed by atoms with Gasteiger partial charge in [-0.3, -0.25) is 4.68 Å². The molecule has 6 heteroatoms. The van der Waals surface area contributed by atoms with Crippen molar-refractivity contribution in [3.05, 3.63) is 37.7 Å². The monoisotopic (exact) mass is 333 g/mol. The van der Waals surface area contributed by atoms with Crippen molar-refractivity contribution in [2.45, 2.75) is 13.0 Å². The van der Waals surface area contributed by atoms with Crippen molar-refractivity contribution in [3.8, 4) is 0 Å². The SMILES string of the molecule is CCNC(c1sccc1Br)c1c(Cl)cnn1C. The Labute approximate surface area is 118 Å². The predicted octanol–water partition coefficient (Wildman–Crippen LogP) is 3.60. The van der Waals surface area contributed by atoms with Crippen LogP contribution in [0.5, 0.6) is 0 Å². The van der Waals surface area contributed by atoms with Crippen molar-refractivity contribution in [1.29, 1.82) is 0 Å². The second-order valence-electron chi connectivity index (χ2n) is 3.62. The molecule has 1 N–H and O–H groups in total. The molecular formula is C11H13BrClN3S. The summed E-state index contributed by atoms with van der Waals surface area (Å²) in [5.74, 6) is 0. The summed E-state index contributed by atoms with van der Waals surface area (Å²) in [4.78, 5) is 1.22. The van der Waals surface area contributed by atoms with Crippen LogP contribution in [0.2, 0.25) is 5.02 Å². The molecule has 17 heavy (non-hydrogen) atoms. The Kier molecular flexibility index (Phi) is 4.25.